The molecule has 2 amide bonds. The van der Waals surface area contributed by atoms with Gasteiger partial charge in [-0.3, -0.25) is 14.5 Å². The third-order valence-electron chi connectivity index (χ3n) is 4.71. The van der Waals surface area contributed by atoms with Crippen molar-refractivity contribution in [1.82, 2.24) is 15.1 Å². The van der Waals surface area contributed by atoms with Crippen LogP contribution in [0.4, 0.5) is 4.39 Å². The molecule has 27 heavy (non-hydrogen) atoms. The first-order chi connectivity index (χ1) is 13.1. The summed E-state index contributed by atoms with van der Waals surface area (Å²) in [5.74, 6) is -1.29. The summed E-state index contributed by atoms with van der Waals surface area (Å²) in [6.07, 6.45) is 0.889. The summed E-state index contributed by atoms with van der Waals surface area (Å²) in [4.78, 5) is 28.6. The highest BCUT2D eigenvalue weighted by atomic mass is 19.1. The van der Waals surface area contributed by atoms with Crippen LogP contribution in [0.2, 0.25) is 0 Å². The summed E-state index contributed by atoms with van der Waals surface area (Å²) in [6, 6.07) is 16.0. The van der Waals surface area contributed by atoms with Gasteiger partial charge in [-0.1, -0.05) is 42.5 Å². The van der Waals surface area contributed by atoms with E-state index in [0.29, 0.717) is 13.1 Å². The zero-order valence-electron chi connectivity index (χ0n) is 15.2. The number of nitrogens with one attached hydrogen (secondary N) is 1. The summed E-state index contributed by atoms with van der Waals surface area (Å²) < 4.78 is 13.6. The highest BCUT2D eigenvalue weighted by Crippen LogP contribution is 2.09. The molecule has 1 fully saturated rings. The second-order valence-corrected chi connectivity index (χ2v) is 6.66. The van der Waals surface area contributed by atoms with Crippen molar-refractivity contribution in [1.29, 1.82) is 0 Å². The van der Waals surface area contributed by atoms with Crippen LogP contribution < -0.4 is 5.32 Å². The molecule has 1 aliphatic heterocycles. The fourth-order valence-electron chi connectivity index (χ4n) is 3.23. The minimum atomic E-state index is -0.589. The molecule has 1 heterocycles. The summed E-state index contributed by atoms with van der Waals surface area (Å²) in [5, 5.41) is 2.52. The van der Waals surface area contributed by atoms with Crippen molar-refractivity contribution in [3.8, 4) is 0 Å². The van der Waals surface area contributed by atoms with Crippen LogP contribution >= 0.6 is 0 Å². The van der Waals surface area contributed by atoms with E-state index in [1.165, 1.54) is 23.8 Å². The Morgan fingerprint density at radius 1 is 0.926 bits per heavy atom. The van der Waals surface area contributed by atoms with Crippen LogP contribution in [-0.4, -0.2) is 54.3 Å². The number of rotatable bonds is 5. The largest absolute Gasteiger partial charge is 0.343 e. The zero-order chi connectivity index (χ0) is 19.1. The van der Waals surface area contributed by atoms with E-state index in [4.69, 9.17) is 0 Å². The third kappa shape index (κ3) is 5.37. The molecule has 6 heteroatoms. The number of amides is 2. The second-order valence-electron chi connectivity index (χ2n) is 6.66. The molecule has 3 rings (SSSR count). The maximum atomic E-state index is 13.6. The third-order valence-corrected chi connectivity index (χ3v) is 4.71. The Bertz CT molecular complexity index is 782. The Hall–Kier alpha value is -2.73. The predicted octanol–water partition coefficient (Wildman–Crippen LogP) is 2.29. The SMILES string of the molecule is O=C(NCC(=O)N1CCCN(Cc2ccccc2)CC1)c1ccccc1F. The molecule has 0 spiro atoms. The molecular formula is C21H24FN3O2. The number of halogens is 1. The number of hydrogen-bond donors (Lipinski definition) is 1. The van der Waals surface area contributed by atoms with Gasteiger partial charge in [0.05, 0.1) is 12.1 Å². The molecule has 2 aromatic rings. The van der Waals surface area contributed by atoms with Gasteiger partial charge in [0.25, 0.3) is 5.91 Å². The first-order valence-corrected chi connectivity index (χ1v) is 9.20. The van der Waals surface area contributed by atoms with Crippen LogP contribution in [0.1, 0.15) is 22.3 Å². The van der Waals surface area contributed by atoms with Crippen molar-refractivity contribution in [2.75, 3.05) is 32.7 Å². The Morgan fingerprint density at radius 2 is 1.67 bits per heavy atom. The van der Waals surface area contributed by atoms with Crippen LogP contribution in [0.25, 0.3) is 0 Å². The van der Waals surface area contributed by atoms with Gasteiger partial charge in [-0.2, -0.15) is 0 Å². The first kappa shape index (κ1) is 19.0. The van der Waals surface area contributed by atoms with E-state index >= 15 is 0 Å². The van der Waals surface area contributed by atoms with E-state index < -0.39 is 11.7 Å². The predicted molar refractivity (Wildman–Crippen MR) is 102 cm³/mol. The molecule has 2 aromatic carbocycles. The monoisotopic (exact) mass is 369 g/mol. The molecule has 0 saturated carbocycles. The van der Waals surface area contributed by atoms with E-state index in [-0.39, 0.29) is 18.0 Å². The van der Waals surface area contributed by atoms with Gasteiger partial charge in [0, 0.05) is 32.7 Å². The molecule has 0 bridgehead atoms. The molecule has 1 N–H and O–H groups in total. The Labute approximate surface area is 158 Å². The van der Waals surface area contributed by atoms with E-state index in [2.05, 4.69) is 22.3 Å². The maximum absolute atomic E-state index is 13.6. The van der Waals surface area contributed by atoms with E-state index in [1.807, 2.05) is 18.2 Å². The minimum Gasteiger partial charge on any atom is -0.343 e. The average Bonchev–Trinajstić information content (AvgIpc) is 2.93. The normalized spacial score (nSPS) is 15.2. The van der Waals surface area contributed by atoms with E-state index in [0.717, 1.165) is 26.1 Å². The first-order valence-electron chi connectivity index (χ1n) is 9.20. The number of benzene rings is 2. The fraction of sp³-hybridized carbons (Fsp3) is 0.333. The van der Waals surface area contributed by atoms with Crippen molar-refractivity contribution in [2.45, 2.75) is 13.0 Å². The van der Waals surface area contributed by atoms with Crippen LogP contribution in [0.5, 0.6) is 0 Å². The summed E-state index contributed by atoms with van der Waals surface area (Å²) >= 11 is 0. The summed E-state index contributed by atoms with van der Waals surface area (Å²) in [7, 11) is 0. The highest BCUT2D eigenvalue weighted by molar-refractivity contribution is 5.96. The molecule has 142 valence electrons. The van der Waals surface area contributed by atoms with Gasteiger partial charge in [-0.05, 0) is 24.1 Å². The minimum absolute atomic E-state index is 0.0461. The molecule has 1 saturated heterocycles. The fourth-order valence-corrected chi connectivity index (χ4v) is 3.23. The standard InChI is InChI=1S/C21H24FN3O2/c22-19-10-5-4-9-18(19)21(27)23-15-20(26)25-12-6-11-24(13-14-25)16-17-7-2-1-3-8-17/h1-5,7-10H,6,11-16H2,(H,23,27). The highest BCUT2D eigenvalue weighted by Gasteiger charge is 2.20. The van der Waals surface area contributed by atoms with Crippen LogP contribution in [0.15, 0.2) is 54.6 Å². The zero-order valence-corrected chi connectivity index (χ0v) is 15.2. The van der Waals surface area contributed by atoms with Gasteiger partial charge >= 0.3 is 0 Å². The van der Waals surface area contributed by atoms with Crippen molar-refractivity contribution in [3.05, 3.63) is 71.5 Å². The Morgan fingerprint density at radius 3 is 2.44 bits per heavy atom. The number of carbonyl (C=O) groups excluding carboxylic acids is 2. The lowest BCUT2D eigenvalue weighted by Gasteiger charge is -2.22. The van der Waals surface area contributed by atoms with Gasteiger partial charge in [-0.25, -0.2) is 4.39 Å². The average molecular weight is 369 g/mol. The van der Waals surface area contributed by atoms with Crippen molar-refractivity contribution in [2.24, 2.45) is 0 Å². The lowest BCUT2D eigenvalue weighted by atomic mass is 10.2. The van der Waals surface area contributed by atoms with Gasteiger partial charge in [0.2, 0.25) is 5.91 Å². The molecule has 0 atom stereocenters. The van der Waals surface area contributed by atoms with Crippen molar-refractivity contribution >= 4 is 11.8 Å². The lowest BCUT2D eigenvalue weighted by molar-refractivity contribution is -0.130. The molecule has 5 nitrogen and oxygen atoms in total. The molecule has 0 radical (unpaired) electrons. The molecular weight excluding hydrogens is 345 g/mol. The van der Waals surface area contributed by atoms with Gasteiger partial charge < -0.3 is 10.2 Å². The molecule has 1 aliphatic rings. The van der Waals surface area contributed by atoms with Crippen LogP contribution in [0, 0.1) is 5.82 Å². The van der Waals surface area contributed by atoms with E-state index in [9.17, 15) is 14.0 Å². The van der Waals surface area contributed by atoms with E-state index in [1.54, 1.807) is 11.0 Å². The quantitative estimate of drug-likeness (QED) is 0.880. The smallest absolute Gasteiger partial charge is 0.254 e. The second kappa shape index (κ2) is 9.28. The van der Waals surface area contributed by atoms with Gasteiger partial charge in [-0.15, -0.1) is 0 Å². The van der Waals surface area contributed by atoms with Crippen LogP contribution in [0.3, 0.4) is 0 Å². The van der Waals surface area contributed by atoms with Crippen molar-refractivity contribution in [3.63, 3.8) is 0 Å². The number of hydrogen-bond acceptors (Lipinski definition) is 3. The van der Waals surface area contributed by atoms with Gasteiger partial charge in [0.1, 0.15) is 5.82 Å². The van der Waals surface area contributed by atoms with Crippen molar-refractivity contribution < 1.29 is 14.0 Å². The maximum Gasteiger partial charge on any atom is 0.254 e. The number of nitrogens with zero attached hydrogens (tertiary/aromatic N) is 2. The number of carbonyl (C=O) groups is 2. The molecule has 0 aliphatic carbocycles. The molecule has 0 unspecified atom stereocenters. The molecule has 0 aromatic heterocycles. The summed E-state index contributed by atoms with van der Waals surface area (Å²) in [6.45, 7) is 3.77. The lowest BCUT2D eigenvalue weighted by Crippen LogP contribution is -2.42. The summed E-state index contributed by atoms with van der Waals surface area (Å²) in [5.41, 5.74) is 1.21. The Balaban J connectivity index is 1.48. The van der Waals surface area contributed by atoms with Gasteiger partial charge in [0.15, 0.2) is 0 Å². The Kier molecular flexibility index (Phi) is 6.54. The van der Waals surface area contributed by atoms with Crippen LogP contribution in [-0.2, 0) is 11.3 Å². The topological polar surface area (TPSA) is 52.7 Å².